The first kappa shape index (κ1) is 11.0. The third-order valence-corrected chi connectivity index (χ3v) is 5.43. The summed E-state index contributed by atoms with van der Waals surface area (Å²) in [4.78, 5) is 2.64. The Bertz CT molecular complexity index is 550. The van der Waals surface area contributed by atoms with Gasteiger partial charge in [-0.15, -0.1) is 11.3 Å². The third-order valence-electron chi connectivity index (χ3n) is 4.42. The van der Waals surface area contributed by atoms with E-state index in [0.717, 1.165) is 18.4 Å². The van der Waals surface area contributed by atoms with Gasteiger partial charge in [-0.1, -0.05) is 18.2 Å². The molecule has 0 saturated carbocycles. The first-order chi connectivity index (χ1) is 8.90. The van der Waals surface area contributed by atoms with Crippen molar-refractivity contribution in [3.8, 4) is 0 Å². The van der Waals surface area contributed by atoms with Crippen molar-refractivity contribution in [3.63, 3.8) is 0 Å². The van der Waals surface area contributed by atoms with E-state index in [4.69, 9.17) is 0 Å². The molecule has 94 valence electrons. The lowest BCUT2D eigenvalue weighted by molar-refractivity contribution is 0.307. The number of hydrogen-bond donors (Lipinski definition) is 1. The maximum atomic E-state index is 3.51. The summed E-state index contributed by atoms with van der Waals surface area (Å²) >= 11 is 1.88. The molecule has 2 aliphatic rings. The monoisotopic (exact) mass is 258 g/mol. The van der Waals surface area contributed by atoms with Gasteiger partial charge in [0, 0.05) is 24.3 Å². The molecule has 1 N–H and O–H groups in total. The van der Waals surface area contributed by atoms with Crippen molar-refractivity contribution in [2.45, 2.75) is 6.54 Å². The Labute approximate surface area is 112 Å². The molecule has 2 saturated heterocycles. The highest BCUT2D eigenvalue weighted by Gasteiger charge is 2.35. The fourth-order valence-electron chi connectivity index (χ4n) is 3.48. The van der Waals surface area contributed by atoms with Gasteiger partial charge in [-0.2, -0.15) is 0 Å². The Morgan fingerprint density at radius 1 is 1.17 bits per heavy atom. The van der Waals surface area contributed by atoms with Crippen LogP contribution in [0.3, 0.4) is 0 Å². The average Bonchev–Trinajstić information content (AvgIpc) is 3.04. The zero-order valence-corrected chi connectivity index (χ0v) is 11.2. The molecular formula is C15H18N2S. The van der Waals surface area contributed by atoms with Crippen molar-refractivity contribution in [1.29, 1.82) is 0 Å². The molecule has 0 spiro atoms. The summed E-state index contributed by atoms with van der Waals surface area (Å²) in [6.45, 7) is 6.15. The smallest absolute Gasteiger partial charge is 0.0346 e. The molecule has 0 radical (unpaired) electrons. The molecule has 4 rings (SSSR count). The van der Waals surface area contributed by atoms with Gasteiger partial charge in [0.25, 0.3) is 0 Å². The highest BCUT2D eigenvalue weighted by Crippen LogP contribution is 2.31. The zero-order valence-electron chi connectivity index (χ0n) is 10.4. The molecular weight excluding hydrogens is 240 g/mol. The van der Waals surface area contributed by atoms with E-state index < -0.39 is 0 Å². The van der Waals surface area contributed by atoms with Crippen LogP contribution in [0.1, 0.15) is 5.56 Å². The van der Waals surface area contributed by atoms with Crippen molar-refractivity contribution in [2.24, 2.45) is 11.8 Å². The standard InChI is InChI=1S/C15H18N2S/c1-2-4-15-14(3-1)13(10-18-15)9-17-7-11-5-16-6-12(11)8-17/h1-4,10-12,16H,5-9H2/t11-,12+. The van der Waals surface area contributed by atoms with Crippen LogP contribution in [0.2, 0.25) is 0 Å². The molecule has 3 heteroatoms. The Balaban J connectivity index is 1.55. The summed E-state index contributed by atoms with van der Waals surface area (Å²) in [6.07, 6.45) is 0. The summed E-state index contributed by atoms with van der Waals surface area (Å²) in [5, 5.41) is 7.31. The number of rotatable bonds is 2. The molecule has 2 nitrogen and oxygen atoms in total. The quantitative estimate of drug-likeness (QED) is 0.890. The largest absolute Gasteiger partial charge is 0.316 e. The van der Waals surface area contributed by atoms with Crippen LogP contribution < -0.4 is 5.32 Å². The highest BCUT2D eigenvalue weighted by atomic mass is 32.1. The van der Waals surface area contributed by atoms with Crippen molar-refractivity contribution < 1.29 is 0 Å². The number of thiophene rings is 1. The van der Waals surface area contributed by atoms with Crippen LogP contribution in [0.15, 0.2) is 29.6 Å². The summed E-state index contributed by atoms with van der Waals surface area (Å²) in [5.74, 6) is 1.80. The van der Waals surface area contributed by atoms with Crippen molar-refractivity contribution in [1.82, 2.24) is 10.2 Å². The third kappa shape index (κ3) is 1.78. The fraction of sp³-hybridized carbons (Fsp3) is 0.467. The Hall–Kier alpha value is -0.900. The number of nitrogens with one attached hydrogen (secondary N) is 1. The molecule has 18 heavy (non-hydrogen) atoms. The summed E-state index contributed by atoms with van der Waals surface area (Å²) < 4.78 is 1.42. The first-order valence-electron chi connectivity index (χ1n) is 6.78. The zero-order chi connectivity index (χ0) is 11.9. The number of hydrogen-bond acceptors (Lipinski definition) is 3. The van der Waals surface area contributed by atoms with Crippen LogP contribution in [0.4, 0.5) is 0 Å². The molecule has 2 aliphatic heterocycles. The van der Waals surface area contributed by atoms with E-state index in [2.05, 4.69) is 39.9 Å². The molecule has 1 aromatic heterocycles. The second-order valence-corrected chi connectivity index (χ2v) is 6.54. The van der Waals surface area contributed by atoms with Crippen LogP contribution in [0.25, 0.3) is 10.1 Å². The van der Waals surface area contributed by atoms with Gasteiger partial charge in [0.15, 0.2) is 0 Å². The van der Waals surface area contributed by atoms with E-state index in [1.165, 1.54) is 41.8 Å². The van der Waals surface area contributed by atoms with Gasteiger partial charge in [-0.05, 0) is 47.3 Å². The van der Waals surface area contributed by atoms with Gasteiger partial charge >= 0.3 is 0 Å². The fourth-order valence-corrected chi connectivity index (χ4v) is 4.43. The highest BCUT2D eigenvalue weighted by molar-refractivity contribution is 7.17. The van der Waals surface area contributed by atoms with E-state index in [0.29, 0.717) is 0 Å². The molecule has 0 amide bonds. The molecule has 2 fully saturated rings. The summed E-state index contributed by atoms with van der Waals surface area (Å²) in [5.41, 5.74) is 1.52. The average molecular weight is 258 g/mol. The normalized spacial score (nSPS) is 28.0. The first-order valence-corrected chi connectivity index (χ1v) is 7.66. The molecule has 2 aromatic rings. The number of fused-ring (bicyclic) bond motifs is 2. The van der Waals surface area contributed by atoms with Crippen molar-refractivity contribution in [3.05, 3.63) is 35.2 Å². The SMILES string of the molecule is c1ccc2c(CN3C[C@H]4CNC[C@H]4C3)csc2c1. The topological polar surface area (TPSA) is 15.3 Å². The molecule has 2 atom stereocenters. The molecule has 0 aliphatic carbocycles. The van der Waals surface area contributed by atoms with E-state index in [-0.39, 0.29) is 0 Å². The molecule has 0 unspecified atom stereocenters. The lowest BCUT2D eigenvalue weighted by atomic mass is 10.0. The van der Waals surface area contributed by atoms with Crippen LogP contribution in [-0.4, -0.2) is 31.1 Å². The molecule has 3 heterocycles. The second-order valence-electron chi connectivity index (χ2n) is 5.63. The number of nitrogens with zero attached hydrogens (tertiary/aromatic N) is 1. The maximum Gasteiger partial charge on any atom is 0.0346 e. The van der Waals surface area contributed by atoms with Gasteiger partial charge in [0.05, 0.1) is 0 Å². The molecule has 0 bridgehead atoms. The Morgan fingerprint density at radius 3 is 2.78 bits per heavy atom. The van der Waals surface area contributed by atoms with Crippen LogP contribution in [-0.2, 0) is 6.54 Å². The van der Waals surface area contributed by atoms with Crippen LogP contribution in [0, 0.1) is 11.8 Å². The molecule has 1 aromatic carbocycles. The minimum atomic E-state index is 0.898. The number of benzene rings is 1. The van der Waals surface area contributed by atoms with E-state index in [1.54, 1.807) is 0 Å². The summed E-state index contributed by atoms with van der Waals surface area (Å²) in [7, 11) is 0. The van der Waals surface area contributed by atoms with Gasteiger partial charge < -0.3 is 5.32 Å². The second kappa shape index (κ2) is 4.34. The van der Waals surface area contributed by atoms with Crippen LogP contribution >= 0.6 is 11.3 Å². The van der Waals surface area contributed by atoms with Gasteiger partial charge in [-0.25, -0.2) is 0 Å². The van der Waals surface area contributed by atoms with E-state index in [9.17, 15) is 0 Å². The Morgan fingerprint density at radius 2 is 1.94 bits per heavy atom. The minimum absolute atomic E-state index is 0.898. The van der Waals surface area contributed by atoms with Gasteiger partial charge in [-0.3, -0.25) is 4.90 Å². The van der Waals surface area contributed by atoms with Crippen LogP contribution in [0.5, 0.6) is 0 Å². The predicted octanol–water partition coefficient (Wildman–Crippen LogP) is 2.55. The predicted molar refractivity (Wildman–Crippen MR) is 77.0 cm³/mol. The van der Waals surface area contributed by atoms with E-state index in [1.807, 2.05) is 11.3 Å². The van der Waals surface area contributed by atoms with Crippen molar-refractivity contribution >= 4 is 21.4 Å². The lowest BCUT2D eigenvalue weighted by Crippen LogP contribution is -2.25. The Kier molecular flexibility index (Phi) is 2.64. The van der Waals surface area contributed by atoms with E-state index >= 15 is 0 Å². The maximum absolute atomic E-state index is 3.51. The van der Waals surface area contributed by atoms with Crippen molar-refractivity contribution in [2.75, 3.05) is 26.2 Å². The lowest BCUT2D eigenvalue weighted by Gasteiger charge is -2.16. The summed E-state index contributed by atoms with van der Waals surface area (Å²) in [6, 6.07) is 8.78. The van der Waals surface area contributed by atoms with Gasteiger partial charge in [0.2, 0.25) is 0 Å². The van der Waals surface area contributed by atoms with Gasteiger partial charge in [0.1, 0.15) is 0 Å². The number of likely N-dealkylation sites (tertiary alicyclic amines) is 1. The minimum Gasteiger partial charge on any atom is -0.316 e.